The molecule has 170 valence electrons. The zero-order valence-corrected chi connectivity index (χ0v) is 19.0. The molecule has 8 nitrogen and oxygen atoms in total. The Labute approximate surface area is 188 Å². The first-order valence-corrected chi connectivity index (χ1v) is 12.5. The molecule has 0 unspecified atom stereocenters. The van der Waals surface area contributed by atoms with Gasteiger partial charge in [0.1, 0.15) is 0 Å². The second-order valence-electron chi connectivity index (χ2n) is 8.28. The van der Waals surface area contributed by atoms with Gasteiger partial charge < -0.3 is 15.1 Å². The second kappa shape index (κ2) is 9.28. The summed E-state index contributed by atoms with van der Waals surface area (Å²) in [5, 5.41) is 2.43. The number of carbonyl (C=O) groups is 2. The molecule has 0 bridgehead atoms. The van der Waals surface area contributed by atoms with Crippen molar-refractivity contribution in [3.63, 3.8) is 0 Å². The van der Waals surface area contributed by atoms with Crippen LogP contribution in [0.2, 0.25) is 0 Å². The van der Waals surface area contributed by atoms with E-state index in [0.717, 1.165) is 16.7 Å². The summed E-state index contributed by atoms with van der Waals surface area (Å²) in [6, 6.07) is 8.46. The number of hydrogen-bond donors (Lipinski definition) is 1. The first-order chi connectivity index (χ1) is 15.4. The highest BCUT2D eigenvalue weighted by atomic mass is 32.2. The van der Waals surface area contributed by atoms with Gasteiger partial charge in [0.25, 0.3) is 0 Å². The molecule has 32 heavy (non-hydrogen) atoms. The van der Waals surface area contributed by atoms with Crippen molar-refractivity contribution in [2.45, 2.75) is 56.0 Å². The normalized spacial score (nSPS) is 16.7. The Morgan fingerprint density at radius 2 is 1.72 bits per heavy atom. The van der Waals surface area contributed by atoms with Gasteiger partial charge in [0.15, 0.2) is 9.84 Å². The number of fused-ring (bicyclic) bond motifs is 1. The highest BCUT2D eigenvalue weighted by molar-refractivity contribution is 7.92. The van der Waals surface area contributed by atoms with Gasteiger partial charge in [-0.05, 0) is 47.7 Å². The number of nitrogens with zero attached hydrogens (tertiary/aromatic N) is 3. The maximum absolute atomic E-state index is 13.0. The molecule has 4 rings (SSSR count). The van der Waals surface area contributed by atoms with E-state index in [2.05, 4.69) is 10.3 Å². The van der Waals surface area contributed by atoms with Crippen molar-refractivity contribution in [3.8, 4) is 0 Å². The van der Waals surface area contributed by atoms with Crippen molar-refractivity contribution in [1.82, 2.24) is 20.1 Å². The number of amides is 3. The molecule has 2 aromatic rings. The van der Waals surface area contributed by atoms with Crippen molar-refractivity contribution < 1.29 is 18.0 Å². The number of pyridine rings is 1. The molecule has 9 heteroatoms. The van der Waals surface area contributed by atoms with Gasteiger partial charge in [-0.25, -0.2) is 13.2 Å². The number of rotatable bonds is 5. The van der Waals surface area contributed by atoms with Crippen LogP contribution in [0.25, 0.3) is 0 Å². The SMILES string of the molecule is CCC(=O)N1CCC(S(=O)(=O)c2ccc(CNC(=O)N3Cc4ccncc4C3)cc2)CC1. The lowest BCUT2D eigenvalue weighted by Gasteiger charge is -2.31. The molecule has 2 aliphatic rings. The van der Waals surface area contributed by atoms with E-state index in [1.54, 1.807) is 46.5 Å². The van der Waals surface area contributed by atoms with Crippen molar-refractivity contribution >= 4 is 21.8 Å². The fraction of sp³-hybridized carbons (Fsp3) is 0.435. The lowest BCUT2D eigenvalue weighted by molar-refractivity contribution is -0.131. The van der Waals surface area contributed by atoms with Gasteiger partial charge in [-0.15, -0.1) is 0 Å². The Morgan fingerprint density at radius 1 is 1.03 bits per heavy atom. The molecule has 0 radical (unpaired) electrons. The standard InChI is InChI=1S/C23H28N4O4S/c1-2-22(28)26-11-8-21(9-12-26)32(30,31)20-5-3-17(4-6-20)13-25-23(29)27-15-18-7-10-24-14-19(18)16-27/h3-7,10,14,21H,2,8-9,11-13,15-16H2,1H3,(H,25,29). The Kier molecular flexibility index (Phi) is 6.45. The summed E-state index contributed by atoms with van der Waals surface area (Å²) in [6.07, 6.45) is 4.87. The van der Waals surface area contributed by atoms with Gasteiger partial charge in [-0.3, -0.25) is 9.78 Å². The number of benzene rings is 1. The summed E-state index contributed by atoms with van der Waals surface area (Å²) in [4.78, 5) is 32.2. The number of sulfone groups is 1. The van der Waals surface area contributed by atoms with E-state index in [9.17, 15) is 18.0 Å². The molecule has 0 aliphatic carbocycles. The average Bonchev–Trinajstić information content (AvgIpc) is 3.27. The van der Waals surface area contributed by atoms with Gasteiger partial charge in [-0.1, -0.05) is 19.1 Å². The maximum Gasteiger partial charge on any atom is 0.318 e. The molecule has 3 heterocycles. The monoisotopic (exact) mass is 456 g/mol. The number of aromatic nitrogens is 1. The molecular weight excluding hydrogens is 428 g/mol. The average molecular weight is 457 g/mol. The predicted octanol–water partition coefficient (Wildman–Crippen LogP) is 2.48. The van der Waals surface area contributed by atoms with Crippen molar-refractivity contribution in [2.24, 2.45) is 0 Å². The molecule has 0 saturated carbocycles. The van der Waals surface area contributed by atoms with Crippen LogP contribution in [0.15, 0.2) is 47.6 Å². The minimum absolute atomic E-state index is 0.0710. The maximum atomic E-state index is 13.0. The van der Waals surface area contributed by atoms with Gasteiger partial charge in [0.05, 0.1) is 10.1 Å². The van der Waals surface area contributed by atoms with Gasteiger partial charge in [0.2, 0.25) is 5.91 Å². The van der Waals surface area contributed by atoms with Crippen LogP contribution in [0, 0.1) is 0 Å². The second-order valence-corrected chi connectivity index (χ2v) is 10.5. The molecular formula is C23H28N4O4S. The lowest BCUT2D eigenvalue weighted by atomic mass is 10.1. The highest BCUT2D eigenvalue weighted by Gasteiger charge is 2.32. The van der Waals surface area contributed by atoms with E-state index in [4.69, 9.17) is 0 Å². The number of likely N-dealkylation sites (tertiary alicyclic amines) is 1. The van der Waals surface area contributed by atoms with Gasteiger partial charge in [0, 0.05) is 51.5 Å². The van der Waals surface area contributed by atoms with Gasteiger partial charge >= 0.3 is 6.03 Å². The summed E-state index contributed by atoms with van der Waals surface area (Å²) in [5.74, 6) is 0.0710. The largest absolute Gasteiger partial charge is 0.343 e. The fourth-order valence-electron chi connectivity index (χ4n) is 4.28. The zero-order valence-electron chi connectivity index (χ0n) is 18.2. The third kappa shape index (κ3) is 4.62. The predicted molar refractivity (Wildman–Crippen MR) is 119 cm³/mol. The molecule has 1 fully saturated rings. The number of carbonyl (C=O) groups excluding carboxylic acids is 2. The fourth-order valence-corrected chi connectivity index (χ4v) is 6.01. The minimum atomic E-state index is -3.45. The minimum Gasteiger partial charge on any atom is -0.343 e. The summed E-state index contributed by atoms with van der Waals surface area (Å²) in [6.45, 7) is 4.20. The molecule has 3 amide bonds. The molecule has 1 aromatic carbocycles. The number of piperidine rings is 1. The summed E-state index contributed by atoms with van der Waals surface area (Å²) >= 11 is 0. The molecule has 0 atom stereocenters. The number of urea groups is 1. The Balaban J connectivity index is 1.31. The van der Waals surface area contributed by atoms with Crippen LogP contribution in [0.5, 0.6) is 0 Å². The van der Waals surface area contributed by atoms with E-state index >= 15 is 0 Å². The van der Waals surface area contributed by atoms with E-state index in [1.807, 2.05) is 13.0 Å². The molecule has 2 aliphatic heterocycles. The Bertz CT molecular complexity index is 1070. The first-order valence-electron chi connectivity index (χ1n) is 10.9. The van der Waals surface area contributed by atoms with Crippen LogP contribution >= 0.6 is 0 Å². The third-order valence-electron chi connectivity index (χ3n) is 6.25. The number of hydrogen-bond acceptors (Lipinski definition) is 5. The van der Waals surface area contributed by atoms with E-state index in [0.29, 0.717) is 52.0 Å². The zero-order chi connectivity index (χ0) is 22.7. The van der Waals surface area contributed by atoms with Crippen LogP contribution in [0.1, 0.15) is 42.9 Å². The van der Waals surface area contributed by atoms with Crippen LogP contribution in [-0.2, 0) is 34.3 Å². The van der Waals surface area contributed by atoms with Crippen LogP contribution in [-0.4, -0.2) is 53.5 Å². The van der Waals surface area contributed by atoms with Crippen molar-refractivity contribution in [2.75, 3.05) is 13.1 Å². The molecule has 1 aromatic heterocycles. The Morgan fingerprint density at radius 3 is 2.38 bits per heavy atom. The smallest absolute Gasteiger partial charge is 0.318 e. The molecule has 1 saturated heterocycles. The quantitative estimate of drug-likeness (QED) is 0.745. The molecule has 0 spiro atoms. The number of nitrogens with one attached hydrogen (secondary N) is 1. The van der Waals surface area contributed by atoms with Crippen LogP contribution in [0.4, 0.5) is 4.79 Å². The van der Waals surface area contributed by atoms with Crippen LogP contribution in [0.3, 0.4) is 0 Å². The van der Waals surface area contributed by atoms with Crippen molar-refractivity contribution in [1.29, 1.82) is 0 Å². The summed E-state index contributed by atoms with van der Waals surface area (Å²) < 4.78 is 26.0. The lowest BCUT2D eigenvalue weighted by Crippen LogP contribution is -2.42. The molecule has 1 N–H and O–H groups in total. The topological polar surface area (TPSA) is 99.7 Å². The summed E-state index contributed by atoms with van der Waals surface area (Å²) in [7, 11) is -3.45. The van der Waals surface area contributed by atoms with E-state index in [-0.39, 0.29) is 16.8 Å². The van der Waals surface area contributed by atoms with E-state index < -0.39 is 15.1 Å². The summed E-state index contributed by atoms with van der Waals surface area (Å²) in [5.41, 5.74) is 3.00. The third-order valence-corrected chi connectivity index (χ3v) is 8.52. The first kappa shape index (κ1) is 22.3. The highest BCUT2D eigenvalue weighted by Crippen LogP contribution is 2.25. The van der Waals surface area contributed by atoms with E-state index in [1.165, 1.54) is 0 Å². The van der Waals surface area contributed by atoms with Crippen molar-refractivity contribution in [3.05, 3.63) is 59.4 Å². The van der Waals surface area contributed by atoms with Gasteiger partial charge in [-0.2, -0.15) is 0 Å². The Hall–Kier alpha value is -2.94. The van der Waals surface area contributed by atoms with Crippen LogP contribution < -0.4 is 5.32 Å².